The van der Waals surface area contributed by atoms with Crippen LogP contribution >= 0.6 is 0 Å². The van der Waals surface area contributed by atoms with Gasteiger partial charge >= 0.3 is 5.97 Å². The van der Waals surface area contributed by atoms with E-state index in [2.05, 4.69) is 37.2 Å². The number of unbranched alkanes of at least 4 members (excludes halogenated alkanes) is 2. The second kappa shape index (κ2) is 32.0. The number of nitrogens with two attached hydrogens (primary N) is 3. The van der Waals surface area contributed by atoms with E-state index in [4.69, 9.17) is 22.3 Å². The van der Waals surface area contributed by atoms with Crippen LogP contribution in [0.5, 0.6) is 0 Å². The number of carbonyl (C=O) groups excluding carboxylic acids is 8. The van der Waals surface area contributed by atoms with E-state index in [9.17, 15) is 48.3 Å². The first-order chi connectivity index (χ1) is 30.0. The van der Waals surface area contributed by atoms with Gasteiger partial charge in [-0.1, -0.05) is 55.4 Å². The Morgan fingerprint density at radius 2 is 0.750 bits per heavy atom. The van der Waals surface area contributed by atoms with Gasteiger partial charge in [-0.2, -0.15) is 0 Å². The molecule has 0 radical (unpaired) electrons. The number of aliphatic hydroxyl groups is 1. The first kappa shape index (κ1) is 59.3. The third kappa shape index (κ3) is 24.9. The predicted octanol–water partition coefficient (Wildman–Crippen LogP) is -1.18. The molecule has 0 saturated carbocycles. The minimum absolute atomic E-state index is 0.0538. The van der Waals surface area contributed by atoms with Crippen molar-refractivity contribution in [3.63, 3.8) is 0 Å². The van der Waals surface area contributed by atoms with Gasteiger partial charge in [0.2, 0.25) is 41.4 Å². The van der Waals surface area contributed by atoms with Gasteiger partial charge in [0.1, 0.15) is 48.6 Å². The molecule has 8 atom stereocenters. The number of carboxylic acid groups (broad SMARTS) is 1. The first-order valence-corrected chi connectivity index (χ1v) is 22.6. The monoisotopic (exact) mass is 913 g/mol. The zero-order valence-corrected chi connectivity index (χ0v) is 39.2. The summed E-state index contributed by atoms with van der Waals surface area (Å²) >= 11 is 0. The van der Waals surface area contributed by atoms with E-state index in [1.165, 1.54) is 0 Å². The van der Waals surface area contributed by atoms with Gasteiger partial charge in [0.05, 0.1) is 19.1 Å². The molecular formula is C43H80N10O11. The lowest BCUT2D eigenvalue weighted by Crippen LogP contribution is -2.60. The van der Waals surface area contributed by atoms with Crippen molar-refractivity contribution < 1.29 is 53.4 Å². The third-order valence-corrected chi connectivity index (χ3v) is 9.94. The van der Waals surface area contributed by atoms with Crippen molar-refractivity contribution in [1.82, 2.24) is 37.2 Å². The number of rotatable bonds is 34. The molecule has 21 nitrogen and oxygen atoms in total. The van der Waals surface area contributed by atoms with Gasteiger partial charge in [0, 0.05) is 0 Å². The summed E-state index contributed by atoms with van der Waals surface area (Å²) < 4.78 is 0. The molecule has 0 unspecified atom stereocenters. The molecule has 64 heavy (non-hydrogen) atoms. The lowest BCUT2D eigenvalue weighted by Gasteiger charge is -2.29. The molecule has 0 aliphatic rings. The molecule has 15 N–H and O–H groups in total. The van der Waals surface area contributed by atoms with Crippen LogP contribution in [0.4, 0.5) is 0 Å². The smallest absolute Gasteiger partial charge is 0.305 e. The Kier molecular flexibility index (Phi) is 29.6. The summed E-state index contributed by atoms with van der Waals surface area (Å²) in [5.74, 6) is -6.71. The standard InChI is InChI=1S/C43H80N10O11/c1-24(2)17-32(40(61)47-28(22-54)21-36(56)57)52-43(64)35(20-27(7)8)51-39(60)31(14-10-12-16-45)48-38(59)30(13-9-11-15-44)49-41(62)34(19-26(5)6)53-42(63)33(18-25(3)4)50-37(58)29(46)23-55/h22,24-35,55H,9-21,23,44-46H2,1-8H3,(H,47,61)(H,48,59)(H,49,62)(H,50,58)(H,51,60)(H,52,64)(H,53,63)(H,56,57)/t28-,29-,30-,31-,32-,33-,34-,35-/m0/s1. The SMILES string of the molecule is CC(C)C[C@H](NC(=O)[C@H](CC(C)C)NC(=O)[C@H](CCCCN)NC(=O)[C@H](CCCCN)NC(=O)[C@H](CC(C)C)NC(=O)[C@H](CC(C)C)NC(=O)[C@@H](N)CO)C(=O)N[C@H](C=O)CC(=O)O. The van der Waals surface area contributed by atoms with Crippen LogP contribution in [0.3, 0.4) is 0 Å². The van der Waals surface area contributed by atoms with E-state index in [1.54, 1.807) is 13.8 Å². The number of aldehydes is 1. The number of carbonyl (C=O) groups is 9. The Morgan fingerprint density at radius 1 is 0.469 bits per heavy atom. The molecule has 0 fully saturated rings. The molecule has 0 aromatic rings. The summed E-state index contributed by atoms with van der Waals surface area (Å²) in [6.45, 7) is 14.6. The molecule has 0 bridgehead atoms. The average Bonchev–Trinajstić information content (AvgIpc) is 3.20. The number of carboxylic acids is 1. The quantitative estimate of drug-likeness (QED) is 0.0267. The fraction of sp³-hybridized carbons (Fsp3) is 0.791. The van der Waals surface area contributed by atoms with Crippen LogP contribution < -0.4 is 54.4 Å². The van der Waals surface area contributed by atoms with E-state index in [0.717, 1.165) is 0 Å². The van der Waals surface area contributed by atoms with E-state index >= 15 is 0 Å². The van der Waals surface area contributed by atoms with Crippen LogP contribution in [-0.4, -0.2) is 132 Å². The van der Waals surface area contributed by atoms with Crippen LogP contribution in [0, 0.1) is 23.7 Å². The maximum Gasteiger partial charge on any atom is 0.305 e. The van der Waals surface area contributed by atoms with Crippen molar-refractivity contribution in [3.8, 4) is 0 Å². The number of hydrogen-bond acceptors (Lipinski definition) is 13. The van der Waals surface area contributed by atoms with Crippen molar-refractivity contribution in [2.75, 3.05) is 19.7 Å². The van der Waals surface area contributed by atoms with Gasteiger partial charge in [0.15, 0.2) is 0 Å². The van der Waals surface area contributed by atoms with Gasteiger partial charge < -0.3 is 69.4 Å². The highest BCUT2D eigenvalue weighted by Gasteiger charge is 2.34. The van der Waals surface area contributed by atoms with Gasteiger partial charge in [-0.05, 0) is 101 Å². The lowest BCUT2D eigenvalue weighted by atomic mass is 9.98. The van der Waals surface area contributed by atoms with Gasteiger partial charge in [-0.25, -0.2) is 0 Å². The highest BCUT2D eigenvalue weighted by atomic mass is 16.4. The summed E-state index contributed by atoms with van der Waals surface area (Å²) in [6.07, 6.45) is 2.32. The Hall–Kier alpha value is -4.73. The second-order valence-corrected chi connectivity index (χ2v) is 18.1. The minimum Gasteiger partial charge on any atom is -0.481 e. The zero-order valence-electron chi connectivity index (χ0n) is 39.2. The minimum atomic E-state index is -1.33. The molecule has 0 aromatic heterocycles. The maximum atomic E-state index is 14.1. The van der Waals surface area contributed by atoms with Crippen LogP contribution in [-0.2, 0) is 43.2 Å². The molecule has 0 saturated heterocycles. The highest BCUT2D eigenvalue weighted by Crippen LogP contribution is 2.13. The van der Waals surface area contributed by atoms with Gasteiger partial charge in [-0.3, -0.25) is 38.4 Å². The van der Waals surface area contributed by atoms with Gasteiger partial charge in [0.25, 0.3) is 0 Å². The maximum absolute atomic E-state index is 14.1. The largest absolute Gasteiger partial charge is 0.481 e. The summed E-state index contributed by atoms with van der Waals surface area (Å²) in [5.41, 5.74) is 17.2. The van der Waals surface area contributed by atoms with Gasteiger partial charge in [-0.15, -0.1) is 0 Å². The Balaban J connectivity index is 6.60. The molecule has 0 aliphatic carbocycles. The third-order valence-electron chi connectivity index (χ3n) is 9.94. The summed E-state index contributed by atoms with van der Waals surface area (Å²) in [6, 6.07) is -9.57. The average molecular weight is 913 g/mol. The summed E-state index contributed by atoms with van der Waals surface area (Å²) in [5, 5.41) is 37.0. The van der Waals surface area contributed by atoms with Crippen LogP contribution in [0.25, 0.3) is 0 Å². The molecule has 0 aliphatic heterocycles. The van der Waals surface area contributed by atoms with E-state index in [1.807, 2.05) is 41.5 Å². The van der Waals surface area contributed by atoms with E-state index in [-0.39, 0.29) is 62.2 Å². The van der Waals surface area contributed by atoms with Crippen LogP contribution in [0.2, 0.25) is 0 Å². The first-order valence-electron chi connectivity index (χ1n) is 22.6. The van der Waals surface area contributed by atoms with Crippen LogP contribution in [0.1, 0.15) is 126 Å². The molecule has 0 heterocycles. The van der Waals surface area contributed by atoms with E-state index < -0.39 is 109 Å². The number of aliphatic carboxylic acids is 1. The summed E-state index contributed by atoms with van der Waals surface area (Å²) in [4.78, 5) is 118. The molecular weight excluding hydrogens is 833 g/mol. The lowest BCUT2D eigenvalue weighted by molar-refractivity contribution is -0.139. The number of hydrogen-bond donors (Lipinski definition) is 12. The molecule has 368 valence electrons. The number of nitrogens with one attached hydrogen (secondary N) is 7. The van der Waals surface area contributed by atoms with Crippen molar-refractivity contribution in [2.24, 2.45) is 40.9 Å². The molecule has 0 spiro atoms. The molecule has 0 rings (SSSR count). The summed E-state index contributed by atoms with van der Waals surface area (Å²) in [7, 11) is 0. The molecule has 0 aromatic carbocycles. The number of aliphatic hydroxyl groups excluding tert-OH is 1. The fourth-order valence-corrected chi connectivity index (χ4v) is 6.66. The predicted molar refractivity (Wildman–Crippen MR) is 241 cm³/mol. The topological polar surface area (TPSA) is 356 Å². The highest BCUT2D eigenvalue weighted by molar-refractivity contribution is 5.97. The Morgan fingerprint density at radius 3 is 1.02 bits per heavy atom. The second-order valence-electron chi connectivity index (χ2n) is 18.1. The fourth-order valence-electron chi connectivity index (χ4n) is 6.66. The number of amides is 7. The van der Waals surface area contributed by atoms with Crippen molar-refractivity contribution in [2.45, 2.75) is 174 Å². The normalized spacial score (nSPS) is 15.2. The van der Waals surface area contributed by atoms with Crippen LogP contribution in [0.15, 0.2) is 0 Å². The van der Waals surface area contributed by atoms with Crippen molar-refractivity contribution in [3.05, 3.63) is 0 Å². The molecule has 7 amide bonds. The Labute approximate surface area is 378 Å². The molecule has 21 heteroatoms. The van der Waals surface area contributed by atoms with E-state index in [0.29, 0.717) is 45.1 Å². The Bertz CT molecular complexity index is 1500. The van der Waals surface area contributed by atoms with Crippen molar-refractivity contribution in [1.29, 1.82) is 0 Å². The zero-order chi connectivity index (χ0) is 49.1. The van der Waals surface area contributed by atoms with Crippen molar-refractivity contribution >= 4 is 53.6 Å².